The van der Waals surface area contributed by atoms with Gasteiger partial charge in [0.1, 0.15) is 0 Å². The second-order valence-electron chi connectivity index (χ2n) is 4.40. The number of anilines is 1. The number of benzene rings is 1. The zero-order valence-electron chi connectivity index (χ0n) is 11.8. The van der Waals surface area contributed by atoms with Gasteiger partial charge in [-0.1, -0.05) is 24.6 Å². The third-order valence-electron chi connectivity index (χ3n) is 2.50. The van der Waals surface area contributed by atoms with Crippen LogP contribution in [0, 0.1) is 13.8 Å². The molecule has 0 aliphatic heterocycles. The van der Waals surface area contributed by atoms with Crippen LogP contribution >= 0.6 is 36.0 Å². The van der Waals surface area contributed by atoms with Gasteiger partial charge in [0.25, 0.3) is 0 Å². The Bertz CT molecular complexity index is 482. The summed E-state index contributed by atoms with van der Waals surface area (Å²) in [5.74, 6) is 0. The van der Waals surface area contributed by atoms with Crippen LogP contribution in [0.3, 0.4) is 0 Å². The second-order valence-corrected chi connectivity index (χ2v) is 5.62. The number of aryl methyl sites for hydroxylation is 2. The zero-order valence-corrected chi connectivity index (χ0v) is 14.2. The average Bonchev–Trinajstić information content (AvgIpc) is 2.38. The van der Waals surface area contributed by atoms with Crippen molar-refractivity contribution in [3.63, 3.8) is 0 Å². The molecule has 0 unspecified atom stereocenters. The van der Waals surface area contributed by atoms with Crippen molar-refractivity contribution in [2.75, 3.05) is 11.9 Å². The number of nitrogens with one attached hydrogen (secondary N) is 4. The molecule has 7 heteroatoms. The summed E-state index contributed by atoms with van der Waals surface area (Å²) < 4.78 is 0. The van der Waals surface area contributed by atoms with Crippen molar-refractivity contribution in [3.05, 3.63) is 28.3 Å². The highest BCUT2D eigenvalue weighted by molar-refractivity contribution is 7.80. The normalized spacial score (nSPS) is 9.80. The lowest BCUT2D eigenvalue weighted by atomic mass is 10.1. The van der Waals surface area contributed by atoms with Crippen molar-refractivity contribution in [2.24, 2.45) is 0 Å². The number of halogens is 1. The monoisotopic (exact) mass is 330 g/mol. The summed E-state index contributed by atoms with van der Waals surface area (Å²) in [6.07, 6.45) is 1.00. The molecule has 4 nitrogen and oxygen atoms in total. The van der Waals surface area contributed by atoms with Crippen molar-refractivity contribution in [1.82, 2.24) is 16.2 Å². The molecule has 0 saturated heterocycles. The van der Waals surface area contributed by atoms with Gasteiger partial charge in [-0.2, -0.15) is 0 Å². The van der Waals surface area contributed by atoms with Crippen molar-refractivity contribution in [3.8, 4) is 0 Å². The lowest BCUT2D eigenvalue weighted by Gasteiger charge is -2.16. The summed E-state index contributed by atoms with van der Waals surface area (Å²) in [6, 6.07) is 3.93. The highest BCUT2D eigenvalue weighted by Crippen LogP contribution is 2.27. The van der Waals surface area contributed by atoms with Crippen LogP contribution in [0.25, 0.3) is 0 Å². The Morgan fingerprint density at radius 1 is 1.15 bits per heavy atom. The largest absolute Gasteiger partial charge is 0.361 e. The maximum absolute atomic E-state index is 6.20. The summed E-state index contributed by atoms with van der Waals surface area (Å²) in [6.45, 7) is 6.86. The predicted octanol–water partition coefficient (Wildman–Crippen LogP) is 3.03. The minimum absolute atomic E-state index is 0.402. The molecular weight excluding hydrogens is 312 g/mol. The molecule has 0 aliphatic rings. The van der Waals surface area contributed by atoms with Gasteiger partial charge in [-0.05, 0) is 61.9 Å². The smallest absolute Gasteiger partial charge is 0.189 e. The molecule has 0 saturated carbocycles. The quantitative estimate of drug-likeness (QED) is 0.505. The van der Waals surface area contributed by atoms with Crippen LogP contribution in [0.15, 0.2) is 12.1 Å². The van der Waals surface area contributed by atoms with E-state index in [1.165, 1.54) is 0 Å². The van der Waals surface area contributed by atoms with Gasteiger partial charge in [0.2, 0.25) is 0 Å². The molecule has 1 aromatic carbocycles. The average molecular weight is 331 g/mol. The first-order chi connectivity index (χ1) is 9.43. The number of hydrogen-bond acceptors (Lipinski definition) is 2. The molecule has 0 atom stereocenters. The highest BCUT2D eigenvalue weighted by Gasteiger charge is 2.07. The molecule has 0 radical (unpaired) electrons. The fourth-order valence-corrected chi connectivity index (χ4v) is 2.29. The van der Waals surface area contributed by atoms with Gasteiger partial charge in [0.05, 0.1) is 10.7 Å². The lowest BCUT2D eigenvalue weighted by Crippen LogP contribution is -2.48. The van der Waals surface area contributed by atoms with E-state index < -0.39 is 0 Å². The van der Waals surface area contributed by atoms with Crippen LogP contribution in [0.4, 0.5) is 5.69 Å². The number of hydrogen-bond donors (Lipinski definition) is 4. The summed E-state index contributed by atoms with van der Waals surface area (Å²) in [4.78, 5) is 0. The van der Waals surface area contributed by atoms with E-state index in [1.54, 1.807) is 0 Å². The first kappa shape index (κ1) is 16.9. The molecule has 0 heterocycles. The van der Waals surface area contributed by atoms with E-state index in [2.05, 4.69) is 28.4 Å². The Hall–Kier alpha value is -1.11. The number of thiocarbonyl (C=S) groups is 2. The maximum atomic E-state index is 6.20. The van der Waals surface area contributed by atoms with Crippen LogP contribution in [0.5, 0.6) is 0 Å². The van der Waals surface area contributed by atoms with Crippen molar-refractivity contribution in [2.45, 2.75) is 27.2 Å². The van der Waals surface area contributed by atoms with Gasteiger partial charge in [0, 0.05) is 6.54 Å². The van der Waals surface area contributed by atoms with E-state index in [4.69, 9.17) is 36.0 Å². The SMILES string of the molecule is CCCNC(=S)NNC(=S)Nc1c(C)cc(C)cc1Cl. The highest BCUT2D eigenvalue weighted by atomic mass is 35.5. The molecule has 20 heavy (non-hydrogen) atoms. The van der Waals surface area contributed by atoms with Crippen LogP contribution < -0.4 is 21.5 Å². The van der Waals surface area contributed by atoms with Crippen molar-refractivity contribution in [1.29, 1.82) is 0 Å². The van der Waals surface area contributed by atoms with Gasteiger partial charge >= 0.3 is 0 Å². The van der Waals surface area contributed by atoms with Gasteiger partial charge in [-0.25, -0.2) is 0 Å². The molecule has 0 aromatic heterocycles. The molecular formula is C13H19ClN4S2. The fourth-order valence-electron chi connectivity index (χ4n) is 1.62. The van der Waals surface area contributed by atoms with E-state index in [0.29, 0.717) is 15.2 Å². The van der Waals surface area contributed by atoms with Gasteiger partial charge in [0.15, 0.2) is 10.2 Å². The molecule has 1 rings (SSSR count). The molecule has 0 fully saturated rings. The van der Waals surface area contributed by atoms with E-state index in [9.17, 15) is 0 Å². The minimum atomic E-state index is 0.402. The maximum Gasteiger partial charge on any atom is 0.189 e. The van der Waals surface area contributed by atoms with E-state index in [0.717, 1.165) is 29.8 Å². The van der Waals surface area contributed by atoms with E-state index in [-0.39, 0.29) is 0 Å². The third kappa shape index (κ3) is 5.48. The topological polar surface area (TPSA) is 48.1 Å². The number of hydrazine groups is 1. The Balaban J connectivity index is 2.53. The second kappa shape index (κ2) is 8.24. The molecule has 1 aromatic rings. The zero-order chi connectivity index (χ0) is 15.1. The predicted molar refractivity (Wildman–Crippen MR) is 94.3 cm³/mol. The van der Waals surface area contributed by atoms with E-state index in [1.807, 2.05) is 26.0 Å². The van der Waals surface area contributed by atoms with Crippen LogP contribution in [-0.4, -0.2) is 16.8 Å². The van der Waals surface area contributed by atoms with Gasteiger partial charge in [-0.15, -0.1) is 0 Å². The summed E-state index contributed by atoms with van der Waals surface area (Å²) in [7, 11) is 0. The van der Waals surface area contributed by atoms with Crippen LogP contribution in [0.2, 0.25) is 5.02 Å². The van der Waals surface area contributed by atoms with Gasteiger partial charge < -0.3 is 10.6 Å². The van der Waals surface area contributed by atoms with Crippen LogP contribution in [0.1, 0.15) is 24.5 Å². The van der Waals surface area contributed by atoms with Gasteiger partial charge in [-0.3, -0.25) is 10.9 Å². The third-order valence-corrected chi connectivity index (χ3v) is 3.24. The lowest BCUT2D eigenvalue weighted by molar-refractivity contribution is 0.784. The molecule has 110 valence electrons. The Labute approximate surface area is 135 Å². The van der Waals surface area contributed by atoms with Crippen molar-refractivity contribution < 1.29 is 0 Å². The molecule has 0 bridgehead atoms. The summed E-state index contributed by atoms with van der Waals surface area (Å²) >= 11 is 16.5. The fraction of sp³-hybridized carbons (Fsp3) is 0.385. The molecule has 0 amide bonds. The number of rotatable bonds is 3. The summed E-state index contributed by atoms with van der Waals surface area (Å²) in [5.41, 5.74) is 8.57. The molecule has 0 spiro atoms. The minimum Gasteiger partial charge on any atom is -0.361 e. The van der Waals surface area contributed by atoms with Crippen molar-refractivity contribution >= 4 is 51.9 Å². The molecule has 4 N–H and O–H groups in total. The summed E-state index contributed by atoms with van der Waals surface area (Å²) in [5, 5.41) is 7.62. The molecule has 0 aliphatic carbocycles. The van der Waals surface area contributed by atoms with E-state index >= 15 is 0 Å². The standard InChI is InChI=1S/C13H19ClN4S2/c1-4-5-15-12(19)17-18-13(20)16-11-9(3)6-8(2)7-10(11)14/h6-7H,4-5H2,1-3H3,(H2,15,17,19)(H2,16,18,20). The Morgan fingerprint density at radius 2 is 1.80 bits per heavy atom. The first-order valence-electron chi connectivity index (χ1n) is 6.31. The Kier molecular flexibility index (Phi) is 6.98. The first-order valence-corrected chi connectivity index (χ1v) is 7.51. The Morgan fingerprint density at radius 3 is 2.40 bits per heavy atom. The van der Waals surface area contributed by atoms with Crippen LogP contribution in [-0.2, 0) is 0 Å².